The number of rotatable bonds is 4. The Labute approximate surface area is 164 Å². The summed E-state index contributed by atoms with van der Waals surface area (Å²) in [6, 6.07) is 7.21. The Hall–Kier alpha value is -3.49. The zero-order chi connectivity index (χ0) is 20.5. The lowest BCUT2D eigenvalue weighted by Gasteiger charge is -2.33. The molecule has 29 heavy (non-hydrogen) atoms. The van der Waals surface area contributed by atoms with Crippen molar-refractivity contribution in [3.05, 3.63) is 53.6 Å². The van der Waals surface area contributed by atoms with E-state index in [0.717, 1.165) is 43.3 Å². The Kier molecular flexibility index (Phi) is 4.87. The molecule has 2 aromatic carbocycles. The third-order valence-corrected chi connectivity index (χ3v) is 4.89. The molecule has 2 amide bonds. The molecule has 150 valence electrons. The van der Waals surface area contributed by atoms with Crippen molar-refractivity contribution in [2.45, 2.75) is 18.9 Å². The molecule has 0 aliphatic carbocycles. The van der Waals surface area contributed by atoms with Gasteiger partial charge in [0.15, 0.2) is 6.61 Å². The van der Waals surface area contributed by atoms with E-state index in [4.69, 9.17) is 4.74 Å². The van der Waals surface area contributed by atoms with Gasteiger partial charge in [-0.1, -0.05) is 0 Å². The molecule has 1 saturated heterocycles. The van der Waals surface area contributed by atoms with Crippen LogP contribution in [0.4, 0.5) is 25.8 Å². The molecular weight excluding hydrogens is 384 g/mol. The summed E-state index contributed by atoms with van der Waals surface area (Å²) < 4.78 is 31.6. The molecule has 2 N–H and O–H groups in total. The summed E-state index contributed by atoms with van der Waals surface area (Å²) in [7, 11) is 0. The van der Waals surface area contributed by atoms with E-state index in [0.29, 0.717) is 5.69 Å². The maximum atomic E-state index is 13.6. The van der Waals surface area contributed by atoms with Gasteiger partial charge in [0.25, 0.3) is 5.91 Å². The van der Waals surface area contributed by atoms with E-state index in [-0.39, 0.29) is 23.2 Å². The number of carbonyl (C=O) groups is 3. The molecule has 4 rings (SSSR count). The van der Waals surface area contributed by atoms with Crippen LogP contribution < -0.4 is 15.5 Å². The number of nitrogens with one attached hydrogen (secondary N) is 2. The Balaban J connectivity index is 1.40. The zero-order valence-electron chi connectivity index (χ0n) is 15.2. The maximum Gasteiger partial charge on any atom is 0.338 e. The van der Waals surface area contributed by atoms with E-state index in [2.05, 4.69) is 10.6 Å². The molecule has 0 radical (unpaired) electrons. The minimum atomic E-state index is -0.811. The van der Waals surface area contributed by atoms with Gasteiger partial charge in [0.05, 0.1) is 22.6 Å². The van der Waals surface area contributed by atoms with Crippen LogP contribution in [0.3, 0.4) is 0 Å². The van der Waals surface area contributed by atoms with E-state index in [9.17, 15) is 23.2 Å². The summed E-state index contributed by atoms with van der Waals surface area (Å²) >= 11 is 0. The molecule has 9 heteroatoms. The van der Waals surface area contributed by atoms with Crippen molar-refractivity contribution >= 4 is 34.8 Å². The maximum absolute atomic E-state index is 13.6. The molecule has 0 unspecified atom stereocenters. The molecular formula is C20H17F2N3O4. The van der Waals surface area contributed by atoms with Gasteiger partial charge >= 0.3 is 5.97 Å². The summed E-state index contributed by atoms with van der Waals surface area (Å²) in [5.41, 5.74) is 1.16. The van der Waals surface area contributed by atoms with Gasteiger partial charge in [-0.25, -0.2) is 13.6 Å². The summed E-state index contributed by atoms with van der Waals surface area (Å²) in [5.74, 6) is -3.22. The van der Waals surface area contributed by atoms with Crippen LogP contribution in [0.15, 0.2) is 36.4 Å². The summed E-state index contributed by atoms with van der Waals surface area (Å²) in [6.45, 7) is 0.0954. The van der Waals surface area contributed by atoms with Crippen LogP contribution in [0.1, 0.15) is 23.2 Å². The van der Waals surface area contributed by atoms with E-state index in [1.165, 1.54) is 6.07 Å². The largest absolute Gasteiger partial charge is 0.452 e. The van der Waals surface area contributed by atoms with Crippen LogP contribution in [0, 0.1) is 11.6 Å². The highest BCUT2D eigenvalue weighted by Crippen LogP contribution is 2.37. The van der Waals surface area contributed by atoms with Crippen LogP contribution in [0.25, 0.3) is 0 Å². The van der Waals surface area contributed by atoms with Gasteiger partial charge in [-0.3, -0.25) is 9.59 Å². The average molecular weight is 401 g/mol. The van der Waals surface area contributed by atoms with Gasteiger partial charge in [0, 0.05) is 12.6 Å². The highest BCUT2D eigenvalue weighted by atomic mass is 19.1. The van der Waals surface area contributed by atoms with Crippen molar-refractivity contribution in [3.63, 3.8) is 0 Å². The van der Waals surface area contributed by atoms with Crippen LogP contribution in [-0.4, -0.2) is 37.0 Å². The second-order valence-corrected chi connectivity index (χ2v) is 6.82. The number of carbonyl (C=O) groups excluding carboxylic acids is 3. The molecule has 0 bridgehead atoms. The van der Waals surface area contributed by atoms with Crippen LogP contribution in [0.5, 0.6) is 0 Å². The highest BCUT2D eigenvalue weighted by molar-refractivity contribution is 6.05. The highest BCUT2D eigenvalue weighted by Gasteiger charge is 2.36. The molecule has 2 heterocycles. The number of amides is 2. The number of esters is 1. The van der Waals surface area contributed by atoms with Crippen molar-refractivity contribution in [2.24, 2.45) is 0 Å². The quantitative estimate of drug-likeness (QED) is 0.770. The third-order valence-electron chi connectivity index (χ3n) is 4.89. The van der Waals surface area contributed by atoms with E-state index < -0.39 is 30.1 Å². The fourth-order valence-corrected chi connectivity index (χ4v) is 3.55. The number of nitrogens with zero attached hydrogens (tertiary/aromatic N) is 1. The SMILES string of the molecule is O=C(COC(=O)c1ccc2c(c1)NC(=O)[C@H]1CCCN21)Nc1cc(F)ccc1F. The van der Waals surface area contributed by atoms with Crippen molar-refractivity contribution in [2.75, 3.05) is 28.7 Å². The molecule has 2 aliphatic heterocycles. The first-order valence-corrected chi connectivity index (χ1v) is 9.06. The molecule has 0 saturated carbocycles. The minimum Gasteiger partial charge on any atom is -0.452 e. The van der Waals surface area contributed by atoms with E-state index >= 15 is 0 Å². The second kappa shape index (κ2) is 7.50. The number of anilines is 3. The van der Waals surface area contributed by atoms with E-state index in [1.807, 2.05) is 4.90 Å². The summed E-state index contributed by atoms with van der Waals surface area (Å²) in [5, 5.41) is 4.93. The number of hydrogen-bond donors (Lipinski definition) is 2. The summed E-state index contributed by atoms with van der Waals surface area (Å²) in [4.78, 5) is 38.3. The lowest BCUT2D eigenvalue weighted by Crippen LogP contribution is -2.43. The number of benzene rings is 2. The third kappa shape index (κ3) is 3.75. The Bertz CT molecular complexity index is 1010. The second-order valence-electron chi connectivity index (χ2n) is 6.82. The lowest BCUT2D eigenvalue weighted by atomic mass is 10.1. The fourth-order valence-electron chi connectivity index (χ4n) is 3.55. The number of halogens is 2. The molecule has 1 fully saturated rings. The van der Waals surface area contributed by atoms with Gasteiger partial charge in [-0.05, 0) is 43.2 Å². The lowest BCUT2D eigenvalue weighted by molar-refractivity contribution is -0.119. The summed E-state index contributed by atoms with van der Waals surface area (Å²) in [6.07, 6.45) is 1.71. The van der Waals surface area contributed by atoms with Crippen LogP contribution in [0.2, 0.25) is 0 Å². The average Bonchev–Trinajstić information content (AvgIpc) is 3.19. The Morgan fingerprint density at radius 2 is 2.03 bits per heavy atom. The fraction of sp³-hybridized carbons (Fsp3) is 0.250. The monoisotopic (exact) mass is 401 g/mol. The zero-order valence-corrected chi connectivity index (χ0v) is 15.2. The first kappa shape index (κ1) is 18.9. The first-order valence-electron chi connectivity index (χ1n) is 9.06. The Morgan fingerprint density at radius 1 is 1.21 bits per heavy atom. The number of fused-ring (bicyclic) bond motifs is 3. The molecule has 0 spiro atoms. The first-order chi connectivity index (χ1) is 13.9. The van der Waals surface area contributed by atoms with Crippen LogP contribution >= 0.6 is 0 Å². The van der Waals surface area contributed by atoms with Crippen molar-refractivity contribution in [3.8, 4) is 0 Å². The molecule has 7 nitrogen and oxygen atoms in total. The normalized spacial score (nSPS) is 17.2. The molecule has 1 atom stereocenters. The van der Waals surface area contributed by atoms with Crippen molar-refractivity contribution in [1.29, 1.82) is 0 Å². The molecule has 2 aliphatic rings. The smallest absolute Gasteiger partial charge is 0.338 e. The van der Waals surface area contributed by atoms with Gasteiger partial charge in [0.2, 0.25) is 5.91 Å². The van der Waals surface area contributed by atoms with Crippen molar-refractivity contribution < 1.29 is 27.9 Å². The predicted octanol–water partition coefficient (Wildman–Crippen LogP) is 2.68. The van der Waals surface area contributed by atoms with Crippen molar-refractivity contribution in [1.82, 2.24) is 0 Å². The van der Waals surface area contributed by atoms with E-state index in [1.54, 1.807) is 12.1 Å². The Morgan fingerprint density at radius 3 is 2.86 bits per heavy atom. The standard InChI is InChI=1S/C20H17F2N3O4/c21-12-4-5-13(22)14(9-12)23-18(26)10-29-20(28)11-3-6-16-15(8-11)24-19(27)17-2-1-7-25(16)17/h3-6,8-9,17H,1-2,7,10H2,(H,23,26)(H,24,27)/t17-/m1/s1. The van der Waals surface area contributed by atoms with Crippen LogP contribution in [-0.2, 0) is 14.3 Å². The molecule has 0 aromatic heterocycles. The molecule has 2 aromatic rings. The number of ether oxygens (including phenoxy) is 1. The minimum absolute atomic E-state index is 0.114. The van der Waals surface area contributed by atoms with Gasteiger partial charge in [-0.2, -0.15) is 0 Å². The van der Waals surface area contributed by atoms with Gasteiger partial charge in [0.1, 0.15) is 17.7 Å². The number of hydrogen-bond acceptors (Lipinski definition) is 5. The van der Waals surface area contributed by atoms with Gasteiger partial charge in [-0.15, -0.1) is 0 Å². The topological polar surface area (TPSA) is 87.7 Å². The van der Waals surface area contributed by atoms with Gasteiger partial charge < -0.3 is 20.3 Å². The predicted molar refractivity (Wildman–Crippen MR) is 101 cm³/mol.